The summed E-state index contributed by atoms with van der Waals surface area (Å²) in [5.41, 5.74) is 2.10. The predicted molar refractivity (Wildman–Crippen MR) is 103 cm³/mol. The fourth-order valence-electron chi connectivity index (χ4n) is 3.11. The molecule has 0 radical (unpaired) electrons. The summed E-state index contributed by atoms with van der Waals surface area (Å²) in [6.45, 7) is 6.32. The van der Waals surface area contributed by atoms with E-state index in [2.05, 4.69) is 29.8 Å². The Balaban J connectivity index is 1.72. The zero-order valence-electron chi connectivity index (χ0n) is 15.4. The number of imidazole rings is 1. The van der Waals surface area contributed by atoms with Crippen LogP contribution in [0.3, 0.4) is 0 Å². The molecule has 5 heteroatoms. The summed E-state index contributed by atoms with van der Waals surface area (Å²) >= 11 is 0. The lowest BCUT2D eigenvalue weighted by Crippen LogP contribution is -2.28. The van der Waals surface area contributed by atoms with Crippen molar-refractivity contribution in [3.8, 4) is 5.75 Å². The molecule has 26 heavy (non-hydrogen) atoms. The number of hydrogen-bond donors (Lipinski definition) is 1. The molecule has 1 heterocycles. The SMILES string of the molecule is CCC(CC)NCc1nc2ccccc2n1CCOc1ccc(F)cc1. The highest BCUT2D eigenvalue weighted by molar-refractivity contribution is 5.75. The lowest BCUT2D eigenvalue weighted by molar-refractivity contribution is 0.297. The van der Waals surface area contributed by atoms with E-state index in [0.717, 1.165) is 36.2 Å². The Bertz CT molecular complexity index is 825. The Morgan fingerprint density at radius 2 is 1.81 bits per heavy atom. The summed E-state index contributed by atoms with van der Waals surface area (Å²) < 4.78 is 21.0. The molecule has 0 fully saturated rings. The molecule has 0 saturated heterocycles. The Kier molecular flexibility index (Phi) is 6.23. The summed E-state index contributed by atoms with van der Waals surface area (Å²) in [4.78, 5) is 4.79. The van der Waals surface area contributed by atoms with Gasteiger partial charge in [-0.1, -0.05) is 26.0 Å². The third-order valence-electron chi connectivity index (χ3n) is 4.67. The summed E-state index contributed by atoms with van der Waals surface area (Å²) in [5, 5.41) is 3.59. The number of fused-ring (bicyclic) bond motifs is 1. The highest BCUT2D eigenvalue weighted by Crippen LogP contribution is 2.17. The molecule has 0 bridgehead atoms. The van der Waals surface area contributed by atoms with E-state index in [1.807, 2.05) is 18.2 Å². The van der Waals surface area contributed by atoms with Crippen LogP contribution < -0.4 is 10.1 Å². The molecule has 0 aliphatic rings. The molecular formula is C21H26FN3O. The second-order valence-electron chi connectivity index (χ2n) is 6.37. The number of ether oxygens (including phenoxy) is 1. The van der Waals surface area contributed by atoms with Gasteiger partial charge in [0.1, 0.15) is 24.0 Å². The molecule has 1 N–H and O–H groups in total. The van der Waals surface area contributed by atoms with Crippen LogP contribution in [-0.4, -0.2) is 22.2 Å². The first-order chi connectivity index (χ1) is 12.7. The molecule has 0 saturated carbocycles. The lowest BCUT2D eigenvalue weighted by Gasteiger charge is -2.16. The number of hydrogen-bond acceptors (Lipinski definition) is 3. The van der Waals surface area contributed by atoms with Crippen molar-refractivity contribution >= 4 is 11.0 Å². The highest BCUT2D eigenvalue weighted by Gasteiger charge is 2.12. The highest BCUT2D eigenvalue weighted by atomic mass is 19.1. The number of benzene rings is 2. The zero-order chi connectivity index (χ0) is 18.4. The largest absolute Gasteiger partial charge is 0.492 e. The van der Waals surface area contributed by atoms with Gasteiger partial charge in [-0.05, 0) is 49.2 Å². The number of nitrogens with zero attached hydrogens (tertiary/aromatic N) is 2. The topological polar surface area (TPSA) is 39.1 Å². The average Bonchev–Trinajstić information content (AvgIpc) is 3.02. The van der Waals surface area contributed by atoms with E-state index in [1.165, 1.54) is 12.1 Å². The second-order valence-corrected chi connectivity index (χ2v) is 6.37. The Morgan fingerprint density at radius 1 is 1.08 bits per heavy atom. The van der Waals surface area contributed by atoms with Gasteiger partial charge in [0.2, 0.25) is 0 Å². The van der Waals surface area contributed by atoms with E-state index in [9.17, 15) is 4.39 Å². The molecule has 3 rings (SSSR count). The molecule has 0 amide bonds. The van der Waals surface area contributed by atoms with Crippen molar-refractivity contribution < 1.29 is 9.13 Å². The Labute approximate surface area is 154 Å². The fraction of sp³-hybridized carbons (Fsp3) is 0.381. The van der Waals surface area contributed by atoms with Crippen LogP contribution in [-0.2, 0) is 13.1 Å². The fourth-order valence-corrected chi connectivity index (χ4v) is 3.11. The van der Waals surface area contributed by atoms with Crippen LogP contribution in [0.2, 0.25) is 0 Å². The summed E-state index contributed by atoms with van der Waals surface area (Å²) in [6, 6.07) is 14.8. The first-order valence-electron chi connectivity index (χ1n) is 9.27. The Morgan fingerprint density at radius 3 is 2.54 bits per heavy atom. The van der Waals surface area contributed by atoms with Gasteiger partial charge in [0.05, 0.1) is 24.1 Å². The van der Waals surface area contributed by atoms with Crippen LogP contribution in [0.15, 0.2) is 48.5 Å². The number of nitrogens with one attached hydrogen (secondary N) is 1. The van der Waals surface area contributed by atoms with E-state index >= 15 is 0 Å². The van der Waals surface area contributed by atoms with E-state index in [1.54, 1.807) is 12.1 Å². The van der Waals surface area contributed by atoms with Gasteiger partial charge in [-0.2, -0.15) is 0 Å². The van der Waals surface area contributed by atoms with E-state index in [0.29, 0.717) is 24.9 Å². The molecule has 0 aliphatic carbocycles. The maximum absolute atomic E-state index is 13.0. The molecule has 0 spiro atoms. The minimum Gasteiger partial charge on any atom is -0.492 e. The van der Waals surface area contributed by atoms with Gasteiger partial charge >= 0.3 is 0 Å². The summed E-state index contributed by atoms with van der Waals surface area (Å²) in [6.07, 6.45) is 2.20. The molecule has 0 unspecified atom stereocenters. The van der Waals surface area contributed by atoms with E-state index < -0.39 is 0 Å². The van der Waals surface area contributed by atoms with Crippen LogP contribution in [0.5, 0.6) is 5.75 Å². The van der Waals surface area contributed by atoms with Gasteiger partial charge in [-0.15, -0.1) is 0 Å². The molecule has 3 aromatic rings. The van der Waals surface area contributed by atoms with Crippen molar-refractivity contribution in [1.29, 1.82) is 0 Å². The number of rotatable bonds is 9. The second kappa shape index (κ2) is 8.81. The third kappa shape index (κ3) is 4.41. The van der Waals surface area contributed by atoms with E-state index in [4.69, 9.17) is 9.72 Å². The maximum Gasteiger partial charge on any atom is 0.124 e. The minimum absolute atomic E-state index is 0.257. The molecule has 0 atom stereocenters. The van der Waals surface area contributed by atoms with Gasteiger partial charge in [0, 0.05) is 6.04 Å². The van der Waals surface area contributed by atoms with Crippen molar-refractivity contribution in [3.63, 3.8) is 0 Å². The van der Waals surface area contributed by atoms with Crippen LogP contribution in [0.1, 0.15) is 32.5 Å². The van der Waals surface area contributed by atoms with Crippen LogP contribution in [0.25, 0.3) is 11.0 Å². The first-order valence-corrected chi connectivity index (χ1v) is 9.27. The molecule has 4 nitrogen and oxygen atoms in total. The monoisotopic (exact) mass is 355 g/mol. The molecule has 1 aromatic heterocycles. The average molecular weight is 355 g/mol. The number of para-hydroxylation sites is 2. The van der Waals surface area contributed by atoms with Gasteiger partial charge in [-0.25, -0.2) is 9.37 Å². The van der Waals surface area contributed by atoms with Gasteiger partial charge in [-0.3, -0.25) is 0 Å². The van der Waals surface area contributed by atoms with Gasteiger partial charge in [0.15, 0.2) is 0 Å². The standard InChI is InChI=1S/C21H26FN3O/c1-3-17(4-2)23-15-21-24-19-7-5-6-8-20(19)25(21)13-14-26-18-11-9-16(22)10-12-18/h5-12,17,23H,3-4,13-15H2,1-2H3. The summed E-state index contributed by atoms with van der Waals surface area (Å²) in [5.74, 6) is 1.43. The smallest absolute Gasteiger partial charge is 0.124 e. The van der Waals surface area contributed by atoms with Gasteiger partial charge in [0.25, 0.3) is 0 Å². The molecule has 138 valence electrons. The minimum atomic E-state index is -0.257. The van der Waals surface area contributed by atoms with Crippen molar-refractivity contribution in [2.45, 2.75) is 45.8 Å². The van der Waals surface area contributed by atoms with Crippen molar-refractivity contribution in [1.82, 2.24) is 14.9 Å². The molecular weight excluding hydrogens is 329 g/mol. The number of aromatic nitrogens is 2. The number of halogens is 1. The molecule has 2 aromatic carbocycles. The lowest BCUT2D eigenvalue weighted by atomic mass is 10.2. The van der Waals surface area contributed by atoms with Crippen LogP contribution in [0, 0.1) is 5.82 Å². The zero-order valence-corrected chi connectivity index (χ0v) is 15.4. The molecule has 0 aliphatic heterocycles. The normalized spacial score (nSPS) is 11.4. The van der Waals surface area contributed by atoms with Crippen molar-refractivity contribution in [2.24, 2.45) is 0 Å². The Hall–Kier alpha value is -2.40. The van der Waals surface area contributed by atoms with Crippen molar-refractivity contribution in [2.75, 3.05) is 6.61 Å². The van der Waals surface area contributed by atoms with Crippen molar-refractivity contribution in [3.05, 3.63) is 60.2 Å². The first kappa shape index (κ1) is 18.4. The quantitative estimate of drug-likeness (QED) is 0.613. The third-order valence-corrected chi connectivity index (χ3v) is 4.67. The summed E-state index contributed by atoms with van der Waals surface area (Å²) in [7, 11) is 0. The van der Waals surface area contributed by atoms with Crippen LogP contribution in [0.4, 0.5) is 4.39 Å². The maximum atomic E-state index is 13.0. The van der Waals surface area contributed by atoms with Crippen LogP contribution >= 0.6 is 0 Å². The van der Waals surface area contributed by atoms with E-state index in [-0.39, 0.29) is 5.82 Å². The van der Waals surface area contributed by atoms with Gasteiger partial charge < -0.3 is 14.6 Å². The predicted octanol–water partition coefficient (Wildman–Crippen LogP) is 4.53.